The van der Waals surface area contributed by atoms with Crippen molar-refractivity contribution in [2.24, 2.45) is 17.6 Å². The second-order valence-corrected chi connectivity index (χ2v) is 8.47. The normalized spacial score (nSPS) is 27.6. The third-order valence-corrected chi connectivity index (χ3v) is 6.68. The molecule has 1 spiro atoms. The number of nitro benzene ring substituents is 1. The van der Waals surface area contributed by atoms with E-state index in [1.165, 1.54) is 18.2 Å². The average molecular weight is 449 g/mol. The second-order valence-electron chi connectivity index (χ2n) is 8.47. The number of nitro groups is 1. The first-order valence-electron chi connectivity index (χ1n) is 10.3. The first-order chi connectivity index (χ1) is 15.7. The lowest BCUT2D eigenvalue weighted by Gasteiger charge is -2.29. The van der Waals surface area contributed by atoms with Crippen molar-refractivity contribution in [3.8, 4) is 0 Å². The van der Waals surface area contributed by atoms with Gasteiger partial charge in [0.25, 0.3) is 5.69 Å². The number of carbonyl (C=O) groups excluding carboxylic acids is 4. The zero-order valence-electron chi connectivity index (χ0n) is 17.4. The molecule has 11 heteroatoms. The number of primary amides is 1. The fraction of sp³-hybridized carbons (Fsp3) is 0.273. The number of nitrogens with one attached hydrogen (secondary N) is 2. The predicted octanol–water partition coefficient (Wildman–Crippen LogP) is 0.704. The molecule has 3 aliphatic heterocycles. The van der Waals surface area contributed by atoms with E-state index in [1.807, 2.05) is 0 Å². The summed E-state index contributed by atoms with van der Waals surface area (Å²) in [5, 5.41) is 17.0. The Morgan fingerprint density at radius 1 is 1.18 bits per heavy atom. The fourth-order valence-corrected chi connectivity index (χ4v) is 5.39. The molecule has 11 nitrogen and oxygen atoms in total. The Labute approximate surface area is 187 Å². The highest BCUT2D eigenvalue weighted by Crippen LogP contribution is 2.54. The number of rotatable bonds is 4. The number of amides is 4. The van der Waals surface area contributed by atoms with Gasteiger partial charge in [-0.2, -0.15) is 0 Å². The van der Waals surface area contributed by atoms with Crippen molar-refractivity contribution in [2.75, 3.05) is 10.2 Å². The quantitative estimate of drug-likeness (QED) is 0.351. The molecule has 0 radical (unpaired) electrons. The number of carbonyl (C=O) groups is 4. The van der Waals surface area contributed by atoms with Crippen molar-refractivity contribution in [3.63, 3.8) is 0 Å². The van der Waals surface area contributed by atoms with Crippen LogP contribution in [0.15, 0.2) is 42.5 Å². The lowest BCUT2D eigenvalue weighted by atomic mass is 9.76. The molecule has 4 N–H and O–H groups in total. The molecule has 2 saturated heterocycles. The maximum Gasteiger partial charge on any atom is 0.269 e. The smallest absolute Gasteiger partial charge is 0.269 e. The van der Waals surface area contributed by atoms with Gasteiger partial charge in [-0.05, 0) is 24.6 Å². The van der Waals surface area contributed by atoms with Crippen LogP contribution < -0.4 is 21.3 Å². The molecule has 2 aromatic rings. The zero-order chi connectivity index (χ0) is 23.7. The minimum Gasteiger partial charge on any atom is -0.370 e. The fourth-order valence-electron chi connectivity index (χ4n) is 5.39. The topological polar surface area (TPSA) is 165 Å². The molecule has 2 aromatic carbocycles. The summed E-state index contributed by atoms with van der Waals surface area (Å²) in [5.41, 5.74) is 5.28. The zero-order valence-corrected chi connectivity index (χ0v) is 17.4. The number of imide groups is 1. The van der Waals surface area contributed by atoms with E-state index in [4.69, 9.17) is 5.73 Å². The third kappa shape index (κ3) is 2.72. The molecule has 4 amide bonds. The van der Waals surface area contributed by atoms with E-state index in [1.54, 1.807) is 31.2 Å². The largest absolute Gasteiger partial charge is 0.370 e. The molecule has 0 aromatic heterocycles. The van der Waals surface area contributed by atoms with Gasteiger partial charge in [0.1, 0.15) is 5.54 Å². The third-order valence-electron chi connectivity index (χ3n) is 6.68. The Balaban J connectivity index is 1.66. The predicted molar refractivity (Wildman–Crippen MR) is 115 cm³/mol. The molecule has 33 heavy (non-hydrogen) atoms. The standard InChI is InChI=1S/C22H19N5O6/c1-10-8-11(27(32)33)6-7-15(10)26-19(29)17-14(9-16(23)28)25-22(18(17)20(26)30)12-4-2-3-5-13(12)24-21(22)31/h2-8,14,17-18,25H,9H2,1H3,(H2,23,28)(H,24,31)/t14-,17+,18+,22-/m0/s1. The monoisotopic (exact) mass is 449 g/mol. The Morgan fingerprint density at radius 2 is 1.91 bits per heavy atom. The number of nitrogens with zero attached hydrogens (tertiary/aromatic N) is 2. The maximum absolute atomic E-state index is 13.8. The van der Waals surface area contributed by atoms with Crippen LogP contribution >= 0.6 is 0 Å². The van der Waals surface area contributed by atoms with E-state index < -0.39 is 52.0 Å². The van der Waals surface area contributed by atoms with Crippen LogP contribution in [0.4, 0.5) is 17.1 Å². The minimum absolute atomic E-state index is 0.177. The van der Waals surface area contributed by atoms with E-state index in [-0.39, 0.29) is 17.8 Å². The van der Waals surface area contributed by atoms with Gasteiger partial charge >= 0.3 is 0 Å². The second kappa shape index (κ2) is 6.94. The van der Waals surface area contributed by atoms with Crippen LogP contribution in [-0.4, -0.2) is 34.6 Å². The molecular formula is C22H19N5O6. The number of nitrogens with two attached hydrogens (primary N) is 1. The number of hydrogen-bond acceptors (Lipinski definition) is 7. The number of anilines is 2. The summed E-state index contributed by atoms with van der Waals surface area (Å²) in [6, 6.07) is 9.83. The summed E-state index contributed by atoms with van der Waals surface area (Å²) in [7, 11) is 0. The highest BCUT2D eigenvalue weighted by atomic mass is 16.6. The molecule has 4 atom stereocenters. The molecule has 5 rings (SSSR count). The van der Waals surface area contributed by atoms with Crippen molar-refractivity contribution in [3.05, 3.63) is 63.7 Å². The van der Waals surface area contributed by atoms with Crippen LogP contribution in [0.3, 0.4) is 0 Å². The van der Waals surface area contributed by atoms with Gasteiger partial charge in [-0.1, -0.05) is 18.2 Å². The molecule has 0 unspecified atom stereocenters. The van der Waals surface area contributed by atoms with E-state index >= 15 is 0 Å². The first kappa shape index (κ1) is 20.8. The van der Waals surface area contributed by atoms with Crippen LogP contribution in [0.1, 0.15) is 17.5 Å². The summed E-state index contributed by atoms with van der Waals surface area (Å²) in [4.78, 5) is 63.9. The molecule has 0 saturated carbocycles. The Kier molecular flexibility index (Phi) is 4.37. The number of aryl methyl sites for hydroxylation is 1. The van der Waals surface area contributed by atoms with Crippen LogP contribution in [0.5, 0.6) is 0 Å². The minimum atomic E-state index is -1.54. The van der Waals surface area contributed by atoms with Crippen molar-refractivity contribution in [2.45, 2.75) is 24.9 Å². The number of fused-ring (bicyclic) bond motifs is 4. The number of hydrogen-bond donors (Lipinski definition) is 3. The first-order valence-corrected chi connectivity index (χ1v) is 10.3. The van der Waals surface area contributed by atoms with Crippen LogP contribution in [0.25, 0.3) is 0 Å². The molecule has 168 valence electrons. The van der Waals surface area contributed by atoms with Gasteiger partial charge < -0.3 is 11.1 Å². The van der Waals surface area contributed by atoms with Crippen LogP contribution in [-0.2, 0) is 24.7 Å². The van der Waals surface area contributed by atoms with Gasteiger partial charge in [-0.25, -0.2) is 4.90 Å². The SMILES string of the molecule is Cc1cc([N+](=O)[O-])ccc1N1C(=O)[C@@H]2[C@H](CC(N)=O)N[C@]3(C(=O)Nc4ccccc43)[C@H]2C1=O. The molecule has 0 aliphatic carbocycles. The molecule has 0 bridgehead atoms. The number of benzene rings is 2. The number of para-hydroxylation sites is 1. The summed E-state index contributed by atoms with van der Waals surface area (Å²) < 4.78 is 0. The van der Waals surface area contributed by atoms with E-state index in [0.29, 0.717) is 16.8 Å². The molecule has 3 heterocycles. The Hall–Kier alpha value is -4.12. The molecule has 2 fully saturated rings. The van der Waals surface area contributed by atoms with Gasteiger partial charge in [-0.3, -0.25) is 34.6 Å². The Bertz CT molecular complexity index is 1280. The lowest BCUT2D eigenvalue weighted by Crippen LogP contribution is -2.53. The van der Waals surface area contributed by atoms with Gasteiger partial charge in [0, 0.05) is 35.8 Å². The van der Waals surface area contributed by atoms with Gasteiger partial charge in [0.2, 0.25) is 23.6 Å². The van der Waals surface area contributed by atoms with Crippen molar-refractivity contribution < 1.29 is 24.1 Å². The molecule has 3 aliphatic rings. The summed E-state index contributed by atoms with van der Waals surface area (Å²) in [6.07, 6.45) is -0.246. The van der Waals surface area contributed by atoms with Crippen LogP contribution in [0, 0.1) is 28.9 Å². The lowest BCUT2D eigenvalue weighted by molar-refractivity contribution is -0.384. The maximum atomic E-state index is 13.8. The van der Waals surface area contributed by atoms with E-state index in [2.05, 4.69) is 10.6 Å². The van der Waals surface area contributed by atoms with E-state index in [0.717, 1.165) is 4.90 Å². The summed E-state index contributed by atoms with van der Waals surface area (Å²) in [6.45, 7) is 1.56. The van der Waals surface area contributed by atoms with Crippen molar-refractivity contribution in [1.29, 1.82) is 0 Å². The molecular weight excluding hydrogens is 430 g/mol. The van der Waals surface area contributed by atoms with Crippen molar-refractivity contribution in [1.82, 2.24) is 5.32 Å². The van der Waals surface area contributed by atoms with Gasteiger partial charge in [0.05, 0.1) is 22.4 Å². The van der Waals surface area contributed by atoms with E-state index in [9.17, 15) is 29.3 Å². The van der Waals surface area contributed by atoms with Crippen LogP contribution in [0.2, 0.25) is 0 Å². The highest BCUT2D eigenvalue weighted by molar-refractivity contribution is 6.26. The summed E-state index contributed by atoms with van der Waals surface area (Å²) in [5.74, 6) is -4.51. The highest BCUT2D eigenvalue weighted by Gasteiger charge is 2.70. The Morgan fingerprint density at radius 3 is 2.58 bits per heavy atom. The van der Waals surface area contributed by atoms with Gasteiger partial charge in [0.15, 0.2) is 0 Å². The average Bonchev–Trinajstić information content (AvgIpc) is 3.33. The van der Waals surface area contributed by atoms with Gasteiger partial charge in [-0.15, -0.1) is 0 Å². The van der Waals surface area contributed by atoms with Crippen molar-refractivity contribution >= 4 is 40.7 Å². The summed E-state index contributed by atoms with van der Waals surface area (Å²) >= 11 is 0. The number of non-ortho nitro benzene ring substituents is 1.